The lowest BCUT2D eigenvalue weighted by Gasteiger charge is -2.25. The summed E-state index contributed by atoms with van der Waals surface area (Å²) in [7, 11) is 0. The van der Waals surface area contributed by atoms with Crippen molar-refractivity contribution < 1.29 is 33.4 Å². The fourth-order valence-corrected chi connectivity index (χ4v) is 2.98. The standard InChI is InChI=1S/C27H42N2O7/c1-25(2,3)34-21(30)15-14-20(24(33)36-27(7,8)9)29-23(32)19-12-10-18(11-13-19)16-28-17-22(31)35-26(4,5)6/h10-13,20,28H,14-17H2,1-9H3,(H,29,32)/t20-/m0/s1. The summed E-state index contributed by atoms with van der Waals surface area (Å²) < 4.78 is 16.0. The second-order valence-corrected chi connectivity index (χ2v) is 11.6. The largest absolute Gasteiger partial charge is 0.460 e. The van der Waals surface area contributed by atoms with Crippen molar-refractivity contribution in [3.63, 3.8) is 0 Å². The third kappa shape index (κ3) is 13.8. The van der Waals surface area contributed by atoms with E-state index in [9.17, 15) is 19.2 Å². The van der Waals surface area contributed by atoms with E-state index in [1.54, 1.807) is 86.6 Å². The van der Waals surface area contributed by atoms with E-state index in [0.29, 0.717) is 12.1 Å². The minimum absolute atomic E-state index is 0.0439. The summed E-state index contributed by atoms with van der Waals surface area (Å²) in [5.74, 6) is -1.91. The van der Waals surface area contributed by atoms with Crippen LogP contribution in [-0.2, 0) is 35.1 Å². The summed E-state index contributed by atoms with van der Waals surface area (Å²) in [4.78, 5) is 49.5. The second kappa shape index (κ2) is 12.9. The van der Waals surface area contributed by atoms with Crippen molar-refractivity contribution in [2.24, 2.45) is 0 Å². The van der Waals surface area contributed by atoms with Crippen LogP contribution in [-0.4, -0.2) is 53.2 Å². The molecule has 1 rings (SSSR count). The fourth-order valence-electron chi connectivity index (χ4n) is 2.98. The molecule has 1 aromatic rings. The first-order valence-corrected chi connectivity index (χ1v) is 12.1. The molecule has 9 heteroatoms. The Kier molecular flexibility index (Phi) is 11.1. The van der Waals surface area contributed by atoms with E-state index < -0.39 is 40.7 Å². The van der Waals surface area contributed by atoms with E-state index in [1.807, 2.05) is 0 Å². The Morgan fingerprint density at radius 3 is 1.75 bits per heavy atom. The van der Waals surface area contributed by atoms with Gasteiger partial charge in [0.05, 0.1) is 6.54 Å². The molecule has 36 heavy (non-hydrogen) atoms. The van der Waals surface area contributed by atoms with Gasteiger partial charge in [-0.1, -0.05) is 12.1 Å². The zero-order valence-electron chi connectivity index (χ0n) is 23.1. The quantitative estimate of drug-likeness (QED) is 0.364. The van der Waals surface area contributed by atoms with Crippen molar-refractivity contribution >= 4 is 23.8 Å². The number of carbonyl (C=O) groups excluding carboxylic acids is 4. The lowest BCUT2D eigenvalue weighted by Crippen LogP contribution is -2.44. The Hall–Kier alpha value is -2.94. The first-order valence-electron chi connectivity index (χ1n) is 12.1. The molecule has 0 fully saturated rings. The van der Waals surface area contributed by atoms with Gasteiger partial charge in [0.15, 0.2) is 0 Å². The molecule has 1 aromatic carbocycles. The zero-order chi connectivity index (χ0) is 27.7. The highest BCUT2D eigenvalue weighted by Gasteiger charge is 2.28. The molecule has 0 aliphatic rings. The summed E-state index contributed by atoms with van der Waals surface area (Å²) in [6, 6.07) is 5.74. The minimum atomic E-state index is -1.01. The summed E-state index contributed by atoms with van der Waals surface area (Å²) in [5, 5.41) is 5.68. The number of hydrogen-bond acceptors (Lipinski definition) is 8. The minimum Gasteiger partial charge on any atom is -0.460 e. The number of hydrogen-bond donors (Lipinski definition) is 2. The molecule has 0 saturated heterocycles. The molecular formula is C27H42N2O7. The second-order valence-electron chi connectivity index (χ2n) is 11.6. The molecule has 0 aliphatic heterocycles. The van der Waals surface area contributed by atoms with Crippen LogP contribution in [0.25, 0.3) is 0 Å². The maximum atomic E-state index is 12.8. The molecule has 0 unspecified atom stereocenters. The zero-order valence-corrected chi connectivity index (χ0v) is 23.1. The van der Waals surface area contributed by atoms with Gasteiger partial charge in [-0.25, -0.2) is 4.79 Å². The van der Waals surface area contributed by atoms with Crippen LogP contribution in [0.2, 0.25) is 0 Å². The first kappa shape index (κ1) is 31.1. The molecule has 9 nitrogen and oxygen atoms in total. The van der Waals surface area contributed by atoms with Crippen molar-refractivity contribution in [2.45, 2.75) is 105 Å². The third-order valence-corrected chi connectivity index (χ3v) is 4.29. The van der Waals surface area contributed by atoms with Crippen LogP contribution in [0.15, 0.2) is 24.3 Å². The van der Waals surface area contributed by atoms with Crippen molar-refractivity contribution in [3.8, 4) is 0 Å². The monoisotopic (exact) mass is 506 g/mol. The van der Waals surface area contributed by atoms with Crippen molar-refractivity contribution in [3.05, 3.63) is 35.4 Å². The molecule has 0 aromatic heterocycles. The highest BCUT2D eigenvalue weighted by Crippen LogP contribution is 2.14. The number of benzene rings is 1. The topological polar surface area (TPSA) is 120 Å². The number of nitrogens with one attached hydrogen (secondary N) is 2. The molecule has 1 amide bonds. The van der Waals surface area contributed by atoms with Crippen LogP contribution in [0.4, 0.5) is 0 Å². The highest BCUT2D eigenvalue weighted by atomic mass is 16.6. The Balaban J connectivity index is 2.76. The lowest BCUT2D eigenvalue weighted by molar-refractivity contribution is -0.159. The van der Waals surface area contributed by atoms with Gasteiger partial charge in [0.1, 0.15) is 22.8 Å². The molecule has 202 valence electrons. The van der Waals surface area contributed by atoms with Crippen molar-refractivity contribution in [1.82, 2.24) is 10.6 Å². The summed E-state index contributed by atoms with van der Waals surface area (Å²) >= 11 is 0. The molecule has 0 aliphatic carbocycles. The van der Waals surface area contributed by atoms with Gasteiger partial charge in [0, 0.05) is 18.5 Å². The molecule has 2 N–H and O–H groups in total. The van der Waals surface area contributed by atoms with E-state index in [4.69, 9.17) is 14.2 Å². The normalized spacial score (nSPS) is 12.9. The van der Waals surface area contributed by atoms with Gasteiger partial charge in [-0.3, -0.25) is 14.4 Å². The van der Waals surface area contributed by atoms with Crippen LogP contribution in [0.1, 0.15) is 91.1 Å². The van der Waals surface area contributed by atoms with Crippen molar-refractivity contribution in [2.75, 3.05) is 6.54 Å². The molecule has 0 spiro atoms. The number of ether oxygens (including phenoxy) is 3. The van der Waals surface area contributed by atoms with Gasteiger partial charge >= 0.3 is 17.9 Å². The number of esters is 3. The fraction of sp³-hybridized carbons (Fsp3) is 0.630. The molecule has 0 radical (unpaired) electrons. The number of rotatable bonds is 10. The molecule has 0 saturated carbocycles. The summed E-state index contributed by atoms with van der Waals surface area (Å²) in [5.41, 5.74) is -0.733. The molecule has 1 atom stereocenters. The van der Waals surface area contributed by atoms with E-state index in [0.717, 1.165) is 5.56 Å². The Labute approximate surface area is 214 Å². The first-order chi connectivity index (χ1) is 16.3. The van der Waals surface area contributed by atoms with Crippen LogP contribution in [0.3, 0.4) is 0 Å². The van der Waals surface area contributed by atoms with Gasteiger partial charge in [-0.15, -0.1) is 0 Å². The Morgan fingerprint density at radius 1 is 0.750 bits per heavy atom. The van der Waals surface area contributed by atoms with E-state index in [2.05, 4.69) is 10.6 Å². The SMILES string of the molecule is CC(C)(C)OC(=O)CC[C@H](NC(=O)c1ccc(CNCC(=O)OC(C)(C)C)cc1)C(=O)OC(C)(C)C. The Bertz CT molecular complexity index is 904. The van der Waals surface area contributed by atoms with Crippen LogP contribution in [0, 0.1) is 0 Å². The lowest BCUT2D eigenvalue weighted by atomic mass is 10.1. The van der Waals surface area contributed by atoms with Gasteiger partial charge < -0.3 is 24.8 Å². The average molecular weight is 507 g/mol. The predicted octanol–water partition coefficient (Wildman–Crippen LogP) is 3.68. The summed E-state index contributed by atoms with van der Waals surface area (Å²) in [6.07, 6.45) is -0.00799. The van der Waals surface area contributed by atoms with Gasteiger partial charge in [0.2, 0.25) is 0 Å². The molecular weight excluding hydrogens is 464 g/mol. The highest BCUT2D eigenvalue weighted by molar-refractivity contribution is 5.97. The third-order valence-electron chi connectivity index (χ3n) is 4.29. The van der Waals surface area contributed by atoms with E-state index >= 15 is 0 Å². The average Bonchev–Trinajstić information content (AvgIpc) is 2.67. The predicted molar refractivity (Wildman–Crippen MR) is 136 cm³/mol. The smallest absolute Gasteiger partial charge is 0.329 e. The van der Waals surface area contributed by atoms with E-state index in [-0.39, 0.29) is 25.4 Å². The number of amides is 1. The number of carbonyl (C=O) groups is 4. The van der Waals surface area contributed by atoms with Crippen LogP contribution < -0.4 is 10.6 Å². The van der Waals surface area contributed by atoms with Gasteiger partial charge in [0.25, 0.3) is 5.91 Å². The maximum absolute atomic E-state index is 12.8. The molecule has 0 bridgehead atoms. The maximum Gasteiger partial charge on any atom is 0.329 e. The van der Waals surface area contributed by atoms with Gasteiger partial charge in [-0.05, 0) is 86.4 Å². The Morgan fingerprint density at radius 2 is 1.25 bits per heavy atom. The summed E-state index contributed by atoms with van der Waals surface area (Å²) in [6.45, 7) is 16.4. The van der Waals surface area contributed by atoms with Crippen LogP contribution >= 0.6 is 0 Å². The van der Waals surface area contributed by atoms with Crippen molar-refractivity contribution in [1.29, 1.82) is 0 Å². The van der Waals surface area contributed by atoms with Crippen LogP contribution in [0.5, 0.6) is 0 Å². The van der Waals surface area contributed by atoms with E-state index in [1.165, 1.54) is 0 Å². The molecule has 0 heterocycles. The van der Waals surface area contributed by atoms with Gasteiger partial charge in [-0.2, -0.15) is 0 Å².